The summed E-state index contributed by atoms with van der Waals surface area (Å²) in [5.41, 5.74) is 1.68. The molecule has 2 aromatic heterocycles. The Morgan fingerprint density at radius 1 is 1.04 bits per heavy atom. The van der Waals surface area contributed by atoms with Crippen molar-refractivity contribution in [1.82, 2.24) is 24.6 Å². The molecule has 0 aromatic carbocycles. The molecule has 136 valence electrons. The maximum Gasteiger partial charge on any atom is 0.266 e. The summed E-state index contributed by atoms with van der Waals surface area (Å²) in [5, 5.41) is 4.51. The highest BCUT2D eigenvalue weighted by Gasteiger charge is 2.29. The molecule has 7 nitrogen and oxygen atoms in total. The van der Waals surface area contributed by atoms with E-state index in [2.05, 4.69) is 15.0 Å². The fourth-order valence-electron chi connectivity index (χ4n) is 3.68. The first-order chi connectivity index (χ1) is 12.7. The largest absolute Gasteiger partial charge is 0.341 e. The summed E-state index contributed by atoms with van der Waals surface area (Å²) in [4.78, 5) is 32.1. The highest BCUT2D eigenvalue weighted by Crippen LogP contribution is 2.18. The lowest BCUT2D eigenvalue weighted by Crippen LogP contribution is -2.51. The number of carbonyl (C=O) groups excluding carboxylic acids is 1. The van der Waals surface area contributed by atoms with Gasteiger partial charge in [-0.1, -0.05) is 0 Å². The Morgan fingerprint density at radius 2 is 1.85 bits per heavy atom. The molecule has 26 heavy (non-hydrogen) atoms. The van der Waals surface area contributed by atoms with Gasteiger partial charge in [0.25, 0.3) is 5.56 Å². The molecule has 0 bridgehead atoms. The van der Waals surface area contributed by atoms with Gasteiger partial charge in [-0.2, -0.15) is 5.10 Å². The predicted molar refractivity (Wildman–Crippen MR) is 97.5 cm³/mol. The second-order valence-corrected chi connectivity index (χ2v) is 7.08. The third-order valence-corrected chi connectivity index (χ3v) is 5.16. The second-order valence-electron chi connectivity index (χ2n) is 7.08. The number of likely N-dealkylation sites (tertiary alicyclic amines) is 2. The average molecular weight is 353 g/mol. The topological polar surface area (TPSA) is 71.3 Å². The Morgan fingerprint density at radius 3 is 2.58 bits per heavy atom. The summed E-state index contributed by atoms with van der Waals surface area (Å²) in [7, 11) is 0. The van der Waals surface area contributed by atoms with Gasteiger partial charge in [-0.25, -0.2) is 4.68 Å². The fraction of sp³-hybridized carbons (Fsp3) is 0.474. The van der Waals surface area contributed by atoms with Gasteiger partial charge in [0.2, 0.25) is 5.91 Å². The number of pyridine rings is 1. The normalized spacial score (nSPS) is 18.3. The van der Waals surface area contributed by atoms with Gasteiger partial charge in [-0.05, 0) is 24.6 Å². The number of hydrogen-bond donors (Lipinski definition) is 0. The third kappa shape index (κ3) is 3.67. The third-order valence-electron chi connectivity index (χ3n) is 5.16. The van der Waals surface area contributed by atoms with Crippen molar-refractivity contribution in [3.8, 4) is 11.3 Å². The Kier molecular flexibility index (Phi) is 4.79. The van der Waals surface area contributed by atoms with Gasteiger partial charge < -0.3 is 9.80 Å². The van der Waals surface area contributed by atoms with Crippen LogP contribution < -0.4 is 5.56 Å². The van der Waals surface area contributed by atoms with E-state index in [1.54, 1.807) is 29.2 Å². The molecule has 2 aliphatic heterocycles. The predicted octanol–water partition coefficient (Wildman–Crippen LogP) is 0.859. The molecule has 2 aromatic rings. The zero-order chi connectivity index (χ0) is 17.9. The molecule has 4 heterocycles. The van der Waals surface area contributed by atoms with Crippen LogP contribution in [0.3, 0.4) is 0 Å². The summed E-state index contributed by atoms with van der Waals surface area (Å²) in [5.74, 6) is 0.716. The minimum atomic E-state index is -0.0658. The van der Waals surface area contributed by atoms with Crippen LogP contribution in [-0.4, -0.2) is 63.2 Å². The van der Waals surface area contributed by atoms with Crippen LogP contribution in [0.2, 0.25) is 0 Å². The second kappa shape index (κ2) is 7.37. The van der Waals surface area contributed by atoms with E-state index in [4.69, 9.17) is 0 Å². The zero-order valence-corrected chi connectivity index (χ0v) is 14.8. The summed E-state index contributed by atoms with van der Waals surface area (Å²) >= 11 is 0. The van der Waals surface area contributed by atoms with E-state index in [0.717, 1.165) is 50.4 Å². The van der Waals surface area contributed by atoms with Gasteiger partial charge in [0, 0.05) is 69.1 Å². The van der Waals surface area contributed by atoms with Crippen LogP contribution >= 0.6 is 0 Å². The summed E-state index contributed by atoms with van der Waals surface area (Å²) in [6.07, 6.45) is 5.14. The van der Waals surface area contributed by atoms with Crippen molar-refractivity contribution in [3.05, 3.63) is 47.0 Å². The maximum absolute atomic E-state index is 12.1. The average Bonchev–Trinajstić information content (AvgIpc) is 3.04. The molecule has 2 saturated heterocycles. The first kappa shape index (κ1) is 16.9. The molecule has 2 aliphatic rings. The summed E-state index contributed by atoms with van der Waals surface area (Å²) < 4.78 is 1.57. The maximum atomic E-state index is 12.1. The molecule has 0 radical (unpaired) electrons. The van der Waals surface area contributed by atoms with Crippen LogP contribution in [0.15, 0.2) is 41.5 Å². The van der Waals surface area contributed by atoms with Crippen LogP contribution in [0.25, 0.3) is 11.3 Å². The molecular formula is C19H23N5O2. The van der Waals surface area contributed by atoms with Crippen molar-refractivity contribution >= 4 is 5.91 Å². The van der Waals surface area contributed by atoms with E-state index in [0.29, 0.717) is 18.9 Å². The Labute approximate surface area is 152 Å². The van der Waals surface area contributed by atoms with Crippen LogP contribution in [0.1, 0.15) is 12.8 Å². The standard InChI is InChI=1S/C19H23N5O2/c25-18-2-1-9-23(18)11-10-22-12-15(13-22)14-24-19(26)4-3-17(21-24)16-5-7-20-8-6-16/h3-8,15H,1-2,9-14H2. The van der Waals surface area contributed by atoms with Crippen molar-refractivity contribution in [2.75, 3.05) is 32.7 Å². The van der Waals surface area contributed by atoms with E-state index in [1.807, 2.05) is 17.0 Å². The minimum absolute atomic E-state index is 0.0658. The first-order valence-electron chi connectivity index (χ1n) is 9.18. The molecule has 0 atom stereocenters. The monoisotopic (exact) mass is 353 g/mol. The van der Waals surface area contributed by atoms with Gasteiger partial charge in [-0.15, -0.1) is 0 Å². The van der Waals surface area contributed by atoms with E-state index < -0.39 is 0 Å². The van der Waals surface area contributed by atoms with Crippen LogP contribution in [0.4, 0.5) is 0 Å². The fourth-order valence-corrected chi connectivity index (χ4v) is 3.68. The van der Waals surface area contributed by atoms with E-state index >= 15 is 0 Å². The van der Waals surface area contributed by atoms with Crippen molar-refractivity contribution in [2.24, 2.45) is 5.92 Å². The van der Waals surface area contributed by atoms with Crippen molar-refractivity contribution < 1.29 is 4.79 Å². The van der Waals surface area contributed by atoms with Gasteiger partial charge in [0.05, 0.1) is 12.2 Å². The molecule has 7 heteroatoms. The highest BCUT2D eigenvalue weighted by atomic mass is 16.2. The van der Waals surface area contributed by atoms with Crippen molar-refractivity contribution in [2.45, 2.75) is 19.4 Å². The molecule has 0 N–H and O–H groups in total. The Hall–Kier alpha value is -2.54. The smallest absolute Gasteiger partial charge is 0.266 e. The molecule has 0 saturated carbocycles. The van der Waals surface area contributed by atoms with Gasteiger partial charge in [0.1, 0.15) is 0 Å². The van der Waals surface area contributed by atoms with Crippen LogP contribution in [0.5, 0.6) is 0 Å². The van der Waals surface area contributed by atoms with Crippen LogP contribution in [0, 0.1) is 5.92 Å². The Bertz CT molecular complexity index is 829. The Balaban J connectivity index is 1.31. The number of carbonyl (C=O) groups is 1. The SMILES string of the molecule is O=C1CCCN1CCN1CC(Cn2nc(-c3ccncc3)ccc2=O)C1. The lowest BCUT2D eigenvalue weighted by Gasteiger charge is -2.40. The summed E-state index contributed by atoms with van der Waals surface area (Å²) in [6, 6.07) is 7.12. The molecule has 0 unspecified atom stereocenters. The molecular weight excluding hydrogens is 330 g/mol. The minimum Gasteiger partial charge on any atom is -0.341 e. The molecule has 0 spiro atoms. The van der Waals surface area contributed by atoms with Gasteiger partial charge in [-0.3, -0.25) is 14.6 Å². The number of rotatable bonds is 6. The number of amides is 1. The van der Waals surface area contributed by atoms with Gasteiger partial charge >= 0.3 is 0 Å². The van der Waals surface area contributed by atoms with Crippen molar-refractivity contribution in [1.29, 1.82) is 0 Å². The highest BCUT2D eigenvalue weighted by molar-refractivity contribution is 5.78. The first-order valence-corrected chi connectivity index (χ1v) is 9.18. The van der Waals surface area contributed by atoms with Gasteiger partial charge in [0.15, 0.2) is 0 Å². The molecule has 4 rings (SSSR count). The molecule has 1 amide bonds. The number of hydrogen-bond acceptors (Lipinski definition) is 5. The zero-order valence-electron chi connectivity index (χ0n) is 14.8. The quantitative estimate of drug-likeness (QED) is 0.770. The van der Waals surface area contributed by atoms with E-state index in [1.165, 1.54) is 0 Å². The number of aromatic nitrogens is 3. The molecule has 2 fully saturated rings. The molecule has 0 aliphatic carbocycles. The van der Waals surface area contributed by atoms with Crippen molar-refractivity contribution in [3.63, 3.8) is 0 Å². The lowest BCUT2D eigenvalue weighted by molar-refractivity contribution is -0.128. The van der Waals surface area contributed by atoms with E-state index in [9.17, 15) is 9.59 Å². The van der Waals surface area contributed by atoms with E-state index in [-0.39, 0.29) is 11.5 Å². The summed E-state index contributed by atoms with van der Waals surface area (Å²) in [6.45, 7) is 5.18. The lowest BCUT2D eigenvalue weighted by atomic mass is 10.0. The van der Waals surface area contributed by atoms with Crippen LogP contribution in [-0.2, 0) is 11.3 Å². The number of nitrogens with zero attached hydrogens (tertiary/aromatic N) is 5.